The Morgan fingerprint density at radius 2 is 1.50 bits per heavy atom. The molecule has 0 N–H and O–H groups in total. The molecule has 1 nitrogen and oxygen atoms in total. The standard InChI is InChI=1S/C10H8O.C6H5F/c1-2-6-10(11)9-7-4-3-5-8-9;7-6-4-2-1-3-5-6/h1,3-5,7-8H,6H2;1-5H. The second-order valence-corrected chi connectivity index (χ2v) is 3.47. The summed E-state index contributed by atoms with van der Waals surface area (Å²) in [6, 6.07) is 17.0. The molecule has 0 aliphatic carbocycles. The van der Waals surface area contributed by atoms with Crippen molar-refractivity contribution < 1.29 is 9.18 Å². The molecule has 2 heteroatoms. The van der Waals surface area contributed by atoms with Crippen molar-refractivity contribution in [1.82, 2.24) is 0 Å². The van der Waals surface area contributed by atoms with Crippen LogP contribution in [0.1, 0.15) is 16.8 Å². The fourth-order valence-corrected chi connectivity index (χ4v) is 1.23. The minimum atomic E-state index is -0.178. The van der Waals surface area contributed by atoms with Gasteiger partial charge >= 0.3 is 0 Å². The zero-order valence-corrected chi connectivity index (χ0v) is 9.84. The van der Waals surface area contributed by atoms with Gasteiger partial charge in [0.2, 0.25) is 0 Å². The normalized spacial score (nSPS) is 8.67. The number of ketones is 1. The topological polar surface area (TPSA) is 17.1 Å². The van der Waals surface area contributed by atoms with Crippen molar-refractivity contribution >= 4 is 5.78 Å². The number of carbonyl (C=O) groups is 1. The first kappa shape index (κ1) is 13.7. The first-order chi connectivity index (χ1) is 8.74. The smallest absolute Gasteiger partial charge is 0.174 e. The fourth-order valence-electron chi connectivity index (χ4n) is 1.23. The number of rotatable bonds is 2. The summed E-state index contributed by atoms with van der Waals surface area (Å²) in [4.78, 5) is 11.1. The maximum Gasteiger partial charge on any atom is 0.174 e. The molecule has 0 heterocycles. The van der Waals surface area contributed by atoms with Crippen LogP contribution in [0.2, 0.25) is 0 Å². The Balaban J connectivity index is 0.000000199. The number of hydrogen-bond donors (Lipinski definition) is 0. The minimum absolute atomic E-state index is 0.00750. The molecule has 0 aliphatic rings. The Morgan fingerprint density at radius 3 is 1.89 bits per heavy atom. The monoisotopic (exact) mass is 240 g/mol. The highest BCUT2D eigenvalue weighted by molar-refractivity contribution is 5.97. The second kappa shape index (κ2) is 7.81. The lowest BCUT2D eigenvalue weighted by atomic mass is 10.1. The van der Waals surface area contributed by atoms with Crippen LogP contribution in [0.4, 0.5) is 4.39 Å². The van der Waals surface area contributed by atoms with E-state index in [1.165, 1.54) is 12.1 Å². The highest BCUT2D eigenvalue weighted by atomic mass is 19.1. The van der Waals surface area contributed by atoms with E-state index in [2.05, 4.69) is 5.92 Å². The molecule has 2 rings (SSSR count). The average molecular weight is 240 g/mol. The van der Waals surface area contributed by atoms with Gasteiger partial charge in [-0.2, -0.15) is 0 Å². The molecule has 0 atom stereocenters. The summed E-state index contributed by atoms with van der Waals surface area (Å²) >= 11 is 0. The van der Waals surface area contributed by atoms with Gasteiger partial charge in [-0.1, -0.05) is 54.5 Å². The van der Waals surface area contributed by atoms with Crippen LogP contribution < -0.4 is 0 Å². The molecule has 18 heavy (non-hydrogen) atoms. The van der Waals surface area contributed by atoms with Gasteiger partial charge in [-0.05, 0) is 12.1 Å². The number of Topliss-reactive ketones (excluding diaryl/α,β-unsaturated/α-hetero) is 1. The van der Waals surface area contributed by atoms with Gasteiger partial charge < -0.3 is 0 Å². The minimum Gasteiger partial charge on any atom is -0.293 e. The molecule has 0 saturated heterocycles. The molecule has 0 radical (unpaired) electrons. The second-order valence-electron chi connectivity index (χ2n) is 3.47. The van der Waals surface area contributed by atoms with Crippen molar-refractivity contribution in [2.75, 3.05) is 0 Å². The Labute approximate surface area is 106 Å². The predicted molar refractivity (Wildman–Crippen MR) is 70.6 cm³/mol. The zero-order valence-electron chi connectivity index (χ0n) is 9.84. The lowest BCUT2D eigenvalue weighted by Gasteiger charge is -1.93. The Morgan fingerprint density at radius 1 is 1.00 bits per heavy atom. The molecular weight excluding hydrogens is 227 g/mol. The maximum absolute atomic E-state index is 11.9. The fraction of sp³-hybridized carbons (Fsp3) is 0.0625. The zero-order chi connectivity index (χ0) is 13.2. The van der Waals surface area contributed by atoms with Crippen LogP contribution in [0.3, 0.4) is 0 Å². The highest BCUT2D eigenvalue weighted by Crippen LogP contribution is 2.01. The molecule has 0 fully saturated rings. The predicted octanol–water partition coefficient (Wildman–Crippen LogP) is 3.72. The SMILES string of the molecule is C#CCC(=O)c1ccccc1.Fc1ccccc1. The highest BCUT2D eigenvalue weighted by Gasteiger charge is 2.00. The quantitative estimate of drug-likeness (QED) is 0.577. The van der Waals surface area contributed by atoms with Crippen molar-refractivity contribution in [1.29, 1.82) is 0 Å². The first-order valence-corrected chi connectivity index (χ1v) is 5.46. The van der Waals surface area contributed by atoms with E-state index in [4.69, 9.17) is 6.42 Å². The lowest BCUT2D eigenvalue weighted by Crippen LogP contribution is -1.95. The van der Waals surface area contributed by atoms with Crippen LogP contribution in [-0.4, -0.2) is 5.78 Å². The molecule has 0 aliphatic heterocycles. The van der Waals surface area contributed by atoms with Crippen molar-refractivity contribution in [2.45, 2.75) is 6.42 Å². The van der Waals surface area contributed by atoms with E-state index in [0.29, 0.717) is 5.56 Å². The van der Waals surface area contributed by atoms with Crippen molar-refractivity contribution in [2.24, 2.45) is 0 Å². The van der Waals surface area contributed by atoms with Crippen LogP contribution in [0, 0.1) is 18.2 Å². The Bertz CT molecular complexity index is 512. The molecule has 2 aromatic carbocycles. The van der Waals surface area contributed by atoms with Crippen LogP contribution in [0.5, 0.6) is 0 Å². The van der Waals surface area contributed by atoms with E-state index in [1.54, 1.807) is 30.3 Å². The van der Waals surface area contributed by atoms with Gasteiger partial charge in [0, 0.05) is 5.56 Å². The summed E-state index contributed by atoms with van der Waals surface area (Å²) in [6.07, 6.45) is 5.18. The molecule has 0 saturated carbocycles. The van der Waals surface area contributed by atoms with E-state index < -0.39 is 0 Å². The third kappa shape index (κ3) is 5.09. The van der Waals surface area contributed by atoms with Crippen LogP contribution in [-0.2, 0) is 0 Å². The molecule has 0 amide bonds. The van der Waals surface area contributed by atoms with Gasteiger partial charge in [0.25, 0.3) is 0 Å². The molecule has 90 valence electrons. The van der Waals surface area contributed by atoms with E-state index in [-0.39, 0.29) is 18.0 Å². The molecule has 0 unspecified atom stereocenters. The summed E-state index contributed by atoms with van der Waals surface area (Å²) < 4.78 is 11.9. The number of hydrogen-bond acceptors (Lipinski definition) is 1. The van der Waals surface area contributed by atoms with Crippen LogP contribution >= 0.6 is 0 Å². The van der Waals surface area contributed by atoms with Crippen molar-refractivity contribution in [3.05, 3.63) is 72.0 Å². The van der Waals surface area contributed by atoms with Crippen molar-refractivity contribution in [3.63, 3.8) is 0 Å². The lowest BCUT2D eigenvalue weighted by molar-refractivity contribution is 0.0998. The Hall–Kier alpha value is -2.40. The first-order valence-electron chi connectivity index (χ1n) is 5.46. The number of terminal acetylenes is 1. The van der Waals surface area contributed by atoms with Gasteiger partial charge in [-0.3, -0.25) is 4.79 Å². The summed E-state index contributed by atoms with van der Waals surface area (Å²) in [5, 5.41) is 0. The number of halogens is 1. The van der Waals surface area contributed by atoms with Gasteiger partial charge in [0.15, 0.2) is 5.78 Å². The van der Waals surface area contributed by atoms with Gasteiger partial charge in [-0.25, -0.2) is 4.39 Å². The molecule has 2 aromatic rings. The largest absolute Gasteiger partial charge is 0.293 e. The van der Waals surface area contributed by atoms with Gasteiger partial charge in [0.05, 0.1) is 6.42 Å². The average Bonchev–Trinajstić information content (AvgIpc) is 2.42. The third-order valence-corrected chi connectivity index (χ3v) is 2.09. The van der Waals surface area contributed by atoms with Gasteiger partial charge in [0.1, 0.15) is 5.82 Å². The van der Waals surface area contributed by atoms with E-state index >= 15 is 0 Å². The number of carbonyl (C=O) groups excluding carboxylic acids is 1. The summed E-state index contributed by atoms with van der Waals surface area (Å²) in [6.45, 7) is 0. The maximum atomic E-state index is 11.9. The number of benzene rings is 2. The van der Waals surface area contributed by atoms with Gasteiger partial charge in [-0.15, -0.1) is 6.42 Å². The van der Waals surface area contributed by atoms with Crippen LogP contribution in [0.15, 0.2) is 60.7 Å². The Kier molecular flexibility index (Phi) is 5.93. The van der Waals surface area contributed by atoms with E-state index in [0.717, 1.165) is 0 Å². The molecule has 0 aromatic heterocycles. The van der Waals surface area contributed by atoms with E-state index in [1.807, 2.05) is 18.2 Å². The summed E-state index contributed by atoms with van der Waals surface area (Å²) in [7, 11) is 0. The summed E-state index contributed by atoms with van der Waals surface area (Å²) in [5.41, 5.74) is 0.686. The van der Waals surface area contributed by atoms with E-state index in [9.17, 15) is 9.18 Å². The van der Waals surface area contributed by atoms with Crippen molar-refractivity contribution in [3.8, 4) is 12.3 Å². The molecule has 0 spiro atoms. The molecular formula is C16H13FO. The third-order valence-electron chi connectivity index (χ3n) is 2.09. The molecule has 0 bridgehead atoms. The summed E-state index contributed by atoms with van der Waals surface area (Å²) in [5.74, 6) is 2.15. The van der Waals surface area contributed by atoms with Crippen LogP contribution in [0.25, 0.3) is 0 Å².